The van der Waals surface area contributed by atoms with Gasteiger partial charge < -0.3 is 10.4 Å². The number of aliphatic hydroxyl groups is 1. The third kappa shape index (κ3) is 5.14. The first-order valence-electron chi connectivity index (χ1n) is 9.51. The molecule has 8 nitrogen and oxygen atoms in total. The molecule has 0 aliphatic rings. The average Bonchev–Trinajstić information content (AvgIpc) is 2.98. The van der Waals surface area contributed by atoms with Gasteiger partial charge in [-0.2, -0.15) is 4.68 Å². The fraction of sp³-hybridized carbons (Fsp3) is 0.333. The molecule has 1 amide bonds. The highest BCUT2D eigenvalue weighted by atomic mass is 35.5. The quantitative estimate of drug-likeness (QED) is 0.625. The van der Waals surface area contributed by atoms with Crippen molar-refractivity contribution in [1.82, 2.24) is 24.6 Å². The number of aliphatic hydroxyl groups excluding tert-OH is 1. The van der Waals surface area contributed by atoms with Crippen molar-refractivity contribution in [1.29, 1.82) is 0 Å². The van der Waals surface area contributed by atoms with E-state index in [4.69, 9.17) is 16.7 Å². The molecule has 2 N–H and O–H groups in total. The second kappa shape index (κ2) is 8.81. The van der Waals surface area contributed by atoms with Crippen LogP contribution in [0.1, 0.15) is 26.3 Å². The summed E-state index contributed by atoms with van der Waals surface area (Å²) >= 11 is 6.12. The van der Waals surface area contributed by atoms with Gasteiger partial charge in [-0.05, 0) is 51.0 Å². The van der Waals surface area contributed by atoms with Crippen LogP contribution in [0.25, 0.3) is 17.2 Å². The Balaban J connectivity index is 2.07. The second-order valence-corrected chi connectivity index (χ2v) is 8.35. The van der Waals surface area contributed by atoms with E-state index < -0.39 is 11.2 Å². The summed E-state index contributed by atoms with van der Waals surface area (Å²) in [6.45, 7) is 5.42. The lowest BCUT2D eigenvalue weighted by molar-refractivity contribution is -0.123. The zero-order chi connectivity index (χ0) is 21.9. The van der Waals surface area contributed by atoms with E-state index in [1.165, 1.54) is 4.57 Å². The normalized spacial score (nSPS) is 11.5. The van der Waals surface area contributed by atoms with E-state index in [9.17, 15) is 9.59 Å². The van der Waals surface area contributed by atoms with Crippen LogP contribution in [-0.4, -0.2) is 42.5 Å². The molecule has 1 aromatic carbocycles. The van der Waals surface area contributed by atoms with E-state index in [0.717, 1.165) is 10.2 Å². The second-order valence-electron chi connectivity index (χ2n) is 7.91. The van der Waals surface area contributed by atoms with Gasteiger partial charge >= 0.3 is 5.69 Å². The van der Waals surface area contributed by atoms with E-state index in [0.29, 0.717) is 28.6 Å². The van der Waals surface area contributed by atoms with Gasteiger partial charge in [0, 0.05) is 28.9 Å². The lowest BCUT2D eigenvalue weighted by Gasteiger charge is -2.20. The Kier molecular flexibility index (Phi) is 6.38. The number of hydrogen-bond donors (Lipinski definition) is 2. The predicted octanol–water partition coefficient (Wildman–Crippen LogP) is 2.20. The number of halogens is 1. The van der Waals surface area contributed by atoms with Crippen LogP contribution in [0.4, 0.5) is 0 Å². The number of aromatic nitrogens is 4. The molecular formula is C21H24ClN5O3. The van der Waals surface area contributed by atoms with Gasteiger partial charge in [-0.1, -0.05) is 29.8 Å². The van der Waals surface area contributed by atoms with Crippen LogP contribution in [0.3, 0.4) is 0 Å². The molecule has 0 atom stereocenters. The molecule has 0 radical (unpaired) electrons. The molecule has 30 heavy (non-hydrogen) atoms. The highest BCUT2D eigenvalue weighted by Crippen LogP contribution is 2.21. The highest BCUT2D eigenvalue weighted by molar-refractivity contribution is 6.30. The Hall–Kier alpha value is -2.97. The van der Waals surface area contributed by atoms with Crippen LogP contribution in [0.15, 0.2) is 47.4 Å². The number of hydrogen-bond acceptors (Lipinski definition) is 5. The van der Waals surface area contributed by atoms with Gasteiger partial charge in [0.05, 0.1) is 0 Å². The largest absolute Gasteiger partial charge is 0.396 e. The summed E-state index contributed by atoms with van der Waals surface area (Å²) in [7, 11) is 0. The van der Waals surface area contributed by atoms with Crippen molar-refractivity contribution in [3.05, 3.63) is 63.7 Å². The molecule has 3 rings (SSSR count). The molecule has 0 spiro atoms. The first-order chi connectivity index (χ1) is 14.2. The molecule has 2 heterocycles. The van der Waals surface area contributed by atoms with Gasteiger partial charge in [0.2, 0.25) is 5.91 Å². The predicted molar refractivity (Wildman–Crippen MR) is 115 cm³/mol. The number of carbonyl (C=O) groups excluding carboxylic acids is 1. The molecule has 0 saturated carbocycles. The summed E-state index contributed by atoms with van der Waals surface area (Å²) in [5.74, 6) is 0.325. The number of carbonyl (C=O) groups is 1. The Labute approximate surface area is 179 Å². The lowest BCUT2D eigenvalue weighted by Crippen LogP contribution is -2.43. The molecular weight excluding hydrogens is 406 g/mol. The molecule has 0 saturated heterocycles. The van der Waals surface area contributed by atoms with E-state index in [-0.39, 0.29) is 19.1 Å². The molecule has 158 valence electrons. The van der Waals surface area contributed by atoms with Crippen LogP contribution in [0.2, 0.25) is 5.02 Å². The van der Waals surface area contributed by atoms with Crippen molar-refractivity contribution in [2.24, 2.45) is 0 Å². The third-order valence-corrected chi connectivity index (χ3v) is 4.42. The van der Waals surface area contributed by atoms with Crippen LogP contribution in [0, 0.1) is 0 Å². The maximum atomic E-state index is 13.1. The number of amides is 1. The first kappa shape index (κ1) is 21.7. The van der Waals surface area contributed by atoms with Gasteiger partial charge in [0.1, 0.15) is 6.54 Å². The SMILES string of the molecule is CC(C)(C)NC(=O)Cn1c(-c2cccc(Cl)c2)nn(-c2ccc(CCO)cn2)c1=O. The van der Waals surface area contributed by atoms with Gasteiger partial charge in [-0.25, -0.2) is 9.78 Å². The van der Waals surface area contributed by atoms with Crippen LogP contribution in [0.5, 0.6) is 0 Å². The molecule has 2 aromatic heterocycles. The highest BCUT2D eigenvalue weighted by Gasteiger charge is 2.21. The summed E-state index contributed by atoms with van der Waals surface area (Å²) < 4.78 is 2.46. The Morgan fingerprint density at radius 1 is 1.23 bits per heavy atom. The average molecular weight is 430 g/mol. The molecule has 3 aromatic rings. The third-order valence-electron chi connectivity index (χ3n) is 4.19. The minimum atomic E-state index is -0.489. The van der Waals surface area contributed by atoms with Crippen LogP contribution >= 0.6 is 11.6 Å². The Morgan fingerprint density at radius 2 is 2.00 bits per heavy atom. The topological polar surface area (TPSA) is 102 Å². The summed E-state index contributed by atoms with van der Waals surface area (Å²) in [6, 6.07) is 10.4. The lowest BCUT2D eigenvalue weighted by atomic mass is 10.1. The van der Waals surface area contributed by atoms with Gasteiger partial charge in [-0.15, -0.1) is 5.10 Å². The number of nitrogens with zero attached hydrogens (tertiary/aromatic N) is 4. The summed E-state index contributed by atoms with van der Waals surface area (Å²) in [5.41, 5.74) is 0.528. The monoisotopic (exact) mass is 429 g/mol. The van der Waals surface area contributed by atoms with Gasteiger partial charge in [-0.3, -0.25) is 9.36 Å². The minimum Gasteiger partial charge on any atom is -0.396 e. The molecule has 0 unspecified atom stereocenters. The number of pyridine rings is 1. The minimum absolute atomic E-state index is 0.0113. The van der Waals surface area contributed by atoms with Gasteiger partial charge in [0.15, 0.2) is 11.6 Å². The van der Waals surface area contributed by atoms with Crippen molar-refractivity contribution >= 4 is 17.5 Å². The van der Waals surface area contributed by atoms with Crippen LogP contribution < -0.4 is 11.0 Å². The van der Waals surface area contributed by atoms with E-state index in [1.54, 1.807) is 42.6 Å². The molecule has 0 aliphatic carbocycles. The maximum Gasteiger partial charge on any atom is 0.352 e. The van der Waals surface area contributed by atoms with Crippen LogP contribution in [-0.2, 0) is 17.8 Å². The van der Waals surface area contributed by atoms with E-state index in [2.05, 4.69) is 15.4 Å². The summed E-state index contributed by atoms with van der Waals surface area (Å²) in [5, 5.41) is 16.8. The van der Waals surface area contributed by atoms with Crippen molar-refractivity contribution in [3.63, 3.8) is 0 Å². The van der Waals surface area contributed by atoms with Crippen molar-refractivity contribution in [2.75, 3.05) is 6.61 Å². The fourth-order valence-electron chi connectivity index (χ4n) is 2.95. The summed E-state index contributed by atoms with van der Waals surface area (Å²) in [4.78, 5) is 29.9. The van der Waals surface area contributed by atoms with Gasteiger partial charge in [0.25, 0.3) is 0 Å². The zero-order valence-electron chi connectivity index (χ0n) is 17.1. The zero-order valence-corrected chi connectivity index (χ0v) is 17.8. The Bertz CT molecular complexity index is 1100. The van der Waals surface area contributed by atoms with Crippen molar-refractivity contribution in [3.8, 4) is 17.2 Å². The first-order valence-corrected chi connectivity index (χ1v) is 9.89. The Morgan fingerprint density at radius 3 is 2.60 bits per heavy atom. The smallest absolute Gasteiger partial charge is 0.352 e. The molecule has 0 bridgehead atoms. The fourth-order valence-corrected chi connectivity index (χ4v) is 3.14. The molecule has 9 heteroatoms. The standard InChI is InChI=1S/C21H24ClN5O3/c1-21(2,3)24-18(29)13-26-19(15-5-4-6-16(22)11-15)25-27(20(26)30)17-8-7-14(9-10-28)12-23-17/h4-8,11-12,28H,9-10,13H2,1-3H3,(H,24,29). The number of benzene rings is 1. The van der Waals surface area contributed by atoms with E-state index in [1.807, 2.05) is 20.8 Å². The van der Waals surface area contributed by atoms with E-state index >= 15 is 0 Å². The molecule has 0 aliphatic heterocycles. The maximum absolute atomic E-state index is 13.1. The summed E-state index contributed by atoms with van der Waals surface area (Å²) in [6.07, 6.45) is 2.06. The number of nitrogens with one attached hydrogen (secondary N) is 1. The van der Waals surface area contributed by atoms with Crippen molar-refractivity contribution < 1.29 is 9.90 Å². The number of rotatable bonds is 6. The molecule has 0 fully saturated rings. The van der Waals surface area contributed by atoms with Crippen molar-refractivity contribution in [2.45, 2.75) is 39.3 Å².